The summed E-state index contributed by atoms with van der Waals surface area (Å²) in [6, 6.07) is 1.01. The second kappa shape index (κ2) is 5.24. The van der Waals surface area contributed by atoms with Crippen molar-refractivity contribution in [1.29, 1.82) is 0 Å². The first-order chi connectivity index (χ1) is 7.97. The smallest absolute Gasteiger partial charge is 0.150 e. The SMILES string of the molecule is C[C@H]1CN(C2CCCC(S(C)(=O)=O)C2)CCN1. The van der Waals surface area contributed by atoms with E-state index in [-0.39, 0.29) is 5.25 Å². The summed E-state index contributed by atoms with van der Waals surface area (Å²) in [5.41, 5.74) is 0. The van der Waals surface area contributed by atoms with Crippen LogP contribution in [0, 0.1) is 0 Å². The van der Waals surface area contributed by atoms with Gasteiger partial charge in [-0.1, -0.05) is 6.42 Å². The standard InChI is InChI=1S/C12H24N2O2S/c1-10-9-14(7-6-13-10)11-4-3-5-12(8-11)17(2,15)16/h10-13H,3-9H2,1-2H3/t10-,11?,12?/m0/s1. The van der Waals surface area contributed by atoms with Crippen molar-refractivity contribution in [2.24, 2.45) is 0 Å². The van der Waals surface area contributed by atoms with Crippen LogP contribution in [0.15, 0.2) is 0 Å². The van der Waals surface area contributed by atoms with E-state index in [2.05, 4.69) is 17.1 Å². The number of rotatable bonds is 2. The van der Waals surface area contributed by atoms with Crippen LogP contribution in [0.2, 0.25) is 0 Å². The zero-order chi connectivity index (χ0) is 12.5. The van der Waals surface area contributed by atoms with Gasteiger partial charge in [0.2, 0.25) is 0 Å². The topological polar surface area (TPSA) is 49.4 Å². The van der Waals surface area contributed by atoms with Crippen LogP contribution >= 0.6 is 0 Å². The van der Waals surface area contributed by atoms with Gasteiger partial charge < -0.3 is 5.32 Å². The highest BCUT2D eigenvalue weighted by atomic mass is 32.2. The lowest BCUT2D eigenvalue weighted by Gasteiger charge is -2.41. The second-order valence-electron chi connectivity index (χ2n) is 5.62. The van der Waals surface area contributed by atoms with E-state index in [4.69, 9.17) is 0 Å². The molecule has 1 heterocycles. The van der Waals surface area contributed by atoms with E-state index in [1.54, 1.807) is 0 Å². The average molecular weight is 260 g/mol. The maximum absolute atomic E-state index is 11.6. The molecular weight excluding hydrogens is 236 g/mol. The minimum atomic E-state index is -2.85. The van der Waals surface area contributed by atoms with Gasteiger partial charge in [-0.25, -0.2) is 8.42 Å². The Morgan fingerprint density at radius 3 is 2.71 bits per heavy atom. The number of sulfone groups is 1. The number of hydrogen-bond donors (Lipinski definition) is 1. The van der Waals surface area contributed by atoms with Crippen LogP contribution in [0.25, 0.3) is 0 Å². The zero-order valence-electron chi connectivity index (χ0n) is 10.9. The van der Waals surface area contributed by atoms with Gasteiger partial charge in [0.15, 0.2) is 0 Å². The highest BCUT2D eigenvalue weighted by molar-refractivity contribution is 7.91. The van der Waals surface area contributed by atoms with Gasteiger partial charge in [0, 0.05) is 38.0 Å². The minimum Gasteiger partial charge on any atom is -0.312 e. The summed E-state index contributed by atoms with van der Waals surface area (Å²) in [5.74, 6) is 0. The molecule has 1 aliphatic heterocycles. The molecule has 5 heteroatoms. The summed E-state index contributed by atoms with van der Waals surface area (Å²) in [5, 5.41) is 3.33. The first kappa shape index (κ1) is 13.3. The predicted octanol–water partition coefficient (Wildman–Crippen LogP) is 0.636. The van der Waals surface area contributed by atoms with Crippen molar-refractivity contribution in [2.75, 3.05) is 25.9 Å². The van der Waals surface area contributed by atoms with Gasteiger partial charge in [-0.2, -0.15) is 0 Å². The molecule has 0 spiro atoms. The third-order valence-electron chi connectivity index (χ3n) is 4.12. The summed E-state index contributed by atoms with van der Waals surface area (Å²) in [6.45, 7) is 5.34. The molecule has 0 radical (unpaired) electrons. The number of piperazine rings is 1. The van der Waals surface area contributed by atoms with E-state index in [1.165, 1.54) is 12.7 Å². The Kier molecular flexibility index (Phi) is 4.10. The van der Waals surface area contributed by atoms with Gasteiger partial charge in [-0.05, 0) is 26.2 Å². The lowest BCUT2D eigenvalue weighted by atomic mass is 9.93. The fraction of sp³-hybridized carbons (Fsp3) is 1.00. The Morgan fingerprint density at radius 1 is 1.29 bits per heavy atom. The van der Waals surface area contributed by atoms with Crippen molar-refractivity contribution in [2.45, 2.75) is 49.9 Å². The fourth-order valence-electron chi connectivity index (χ4n) is 3.13. The maximum Gasteiger partial charge on any atom is 0.150 e. The average Bonchev–Trinajstić information content (AvgIpc) is 2.28. The molecule has 2 unspecified atom stereocenters. The molecule has 0 aromatic rings. The monoisotopic (exact) mass is 260 g/mol. The molecule has 3 atom stereocenters. The van der Waals surface area contributed by atoms with Crippen LogP contribution in [0.4, 0.5) is 0 Å². The van der Waals surface area contributed by atoms with E-state index >= 15 is 0 Å². The van der Waals surface area contributed by atoms with E-state index in [0.29, 0.717) is 12.1 Å². The molecule has 1 N–H and O–H groups in total. The largest absolute Gasteiger partial charge is 0.312 e. The fourth-order valence-corrected chi connectivity index (χ4v) is 4.30. The normalized spacial score (nSPS) is 36.9. The summed E-state index contributed by atoms with van der Waals surface area (Å²) in [4.78, 5) is 2.48. The van der Waals surface area contributed by atoms with Crippen molar-refractivity contribution in [1.82, 2.24) is 10.2 Å². The highest BCUT2D eigenvalue weighted by Gasteiger charge is 2.33. The van der Waals surface area contributed by atoms with Gasteiger partial charge >= 0.3 is 0 Å². The van der Waals surface area contributed by atoms with Gasteiger partial charge in [0.1, 0.15) is 9.84 Å². The molecule has 0 bridgehead atoms. The number of nitrogens with one attached hydrogen (secondary N) is 1. The van der Waals surface area contributed by atoms with Crippen LogP contribution in [-0.2, 0) is 9.84 Å². The molecule has 4 nitrogen and oxygen atoms in total. The van der Waals surface area contributed by atoms with Crippen molar-refractivity contribution in [3.8, 4) is 0 Å². The Morgan fingerprint density at radius 2 is 2.06 bits per heavy atom. The first-order valence-corrected chi connectivity index (χ1v) is 8.58. The Hall–Kier alpha value is -0.130. The van der Waals surface area contributed by atoms with Crippen molar-refractivity contribution in [3.63, 3.8) is 0 Å². The quantitative estimate of drug-likeness (QED) is 0.791. The van der Waals surface area contributed by atoms with E-state index in [1.807, 2.05) is 0 Å². The molecular formula is C12H24N2O2S. The summed E-state index contributed by atoms with van der Waals surface area (Å²) in [7, 11) is -2.85. The molecule has 1 aliphatic carbocycles. The summed E-state index contributed by atoms with van der Waals surface area (Å²) < 4.78 is 23.3. The third kappa shape index (κ3) is 3.42. The van der Waals surface area contributed by atoms with Crippen LogP contribution in [0.5, 0.6) is 0 Å². The summed E-state index contributed by atoms with van der Waals surface area (Å²) >= 11 is 0. The Labute approximate surface area is 105 Å². The first-order valence-electron chi connectivity index (χ1n) is 6.63. The van der Waals surface area contributed by atoms with Crippen LogP contribution in [-0.4, -0.2) is 56.5 Å². The molecule has 1 saturated heterocycles. The molecule has 0 amide bonds. The van der Waals surface area contributed by atoms with Gasteiger partial charge in [0.25, 0.3) is 0 Å². The van der Waals surface area contributed by atoms with Crippen molar-refractivity contribution >= 4 is 9.84 Å². The number of hydrogen-bond acceptors (Lipinski definition) is 4. The molecule has 2 rings (SSSR count). The van der Waals surface area contributed by atoms with E-state index in [9.17, 15) is 8.42 Å². The highest BCUT2D eigenvalue weighted by Crippen LogP contribution is 2.27. The molecule has 100 valence electrons. The third-order valence-corrected chi connectivity index (χ3v) is 5.76. The molecule has 2 fully saturated rings. The van der Waals surface area contributed by atoms with Crippen LogP contribution < -0.4 is 5.32 Å². The number of nitrogens with zero attached hydrogens (tertiary/aromatic N) is 1. The molecule has 1 saturated carbocycles. The molecule has 2 aliphatic rings. The lowest BCUT2D eigenvalue weighted by Crippen LogP contribution is -2.54. The molecule has 17 heavy (non-hydrogen) atoms. The van der Waals surface area contributed by atoms with E-state index in [0.717, 1.165) is 38.9 Å². The van der Waals surface area contributed by atoms with Gasteiger partial charge in [0.05, 0.1) is 5.25 Å². The Balaban J connectivity index is 1.97. The maximum atomic E-state index is 11.6. The van der Waals surface area contributed by atoms with Crippen LogP contribution in [0.3, 0.4) is 0 Å². The van der Waals surface area contributed by atoms with Crippen molar-refractivity contribution in [3.05, 3.63) is 0 Å². The van der Waals surface area contributed by atoms with Crippen LogP contribution in [0.1, 0.15) is 32.6 Å². The zero-order valence-corrected chi connectivity index (χ0v) is 11.7. The van der Waals surface area contributed by atoms with E-state index < -0.39 is 9.84 Å². The second-order valence-corrected chi connectivity index (χ2v) is 7.95. The Bertz CT molecular complexity index is 356. The van der Waals surface area contributed by atoms with Gasteiger partial charge in [-0.3, -0.25) is 4.90 Å². The predicted molar refractivity (Wildman–Crippen MR) is 69.9 cm³/mol. The van der Waals surface area contributed by atoms with Crippen molar-refractivity contribution < 1.29 is 8.42 Å². The summed E-state index contributed by atoms with van der Waals surface area (Å²) in [6.07, 6.45) is 5.31. The minimum absolute atomic E-state index is 0.105. The molecule has 0 aromatic carbocycles. The lowest BCUT2D eigenvalue weighted by molar-refractivity contribution is 0.120. The van der Waals surface area contributed by atoms with Gasteiger partial charge in [-0.15, -0.1) is 0 Å². The molecule has 0 aromatic heterocycles.